The Morgan fingerprint density at radius 1 is 0.352 bits per heavy atom. The molecule has 36 heteroatoms. The molecule has 11 aromatic rings. The minimum absolute atomic E-state index is 0.0248. The van der Waals surface area contributed by atoms with Crippen molar-refractivity contribution >= 4 is 133 Å². The first-order chi connectivity index (χ1) is 50.9. The summed E-state index contributed by atoms with van der Waals surface area (Å²) >= 11 is 27.3. The summed E-state index contributed by atoms with van der Waals surface area (Å²) < 4.78 is 42.6. The van der Waals surface area contributed by atoms with E-state index in [9.17, 15) is 4.39 Å². The molecule has 5 aromatic heterocycles. The minimum Gasteiger partial charge on any atom is -0.472 e. The van der Waals surface area contributed by atoms with Crippen LogP contribution in [0.3, 0.4) is 0 Å². The normalized spacial score (nSPS) is 10.8. The van der Waals surface area contributed by atoms with Gasteiger partial charge in [0.1, 0.15) is 163 Å². The number of nitrogens with two attached hydrogens (primary N) is 5. The zero-order valence-corrected chi connectivity index (χ0v) is 61.0. The number of rotatable bonds is 25. The first-order valence-corrected chi connectivity index (χ1v) is 32.6. The van der Waals surface area contributed by atoms with Gasteiger partial charge in [-0.3, -0.25) is 0 Å². The first kappa shape index (κ1) is 80.2. The second-order valence-electron chi connectivity index (χ2n) is 20.3. The van der Waals surface area contributed by atoms with Crippen LogP contribution in [0.4, 0.5) is 33.5 Å². The van der Waals surface area contributed by atoms with Gasteiger partial charge in [-0.2, -0.15) is 0 Å². The van der Waals surface area contributed by atoms with Gasteiger partial charge in [0.2, 0.25) is 29.4 Å². The van der Waals surface area contributed by atoms with Crippen LogP contribution in [-0.4, -0.2) is 116 Å². The van der Waals surface area contributed by atoms with Crippen molar-refractivity contribution < 1.29 is 52.3 Å². The van der Waals surface area contributed by atoms with Crippen LogP contribution in [0.1, 0.15) is 55.6 Å². The van der Waals surface area contributed by atoms with Gasteiger partial charge in [-0.1, -0.05) is 161 Å². The van der Waals surface area contributed by atoms with Crippen molar-refractivity contribution in [3.63, 3.8) is 0 Å². The second kappa shape index (κ2) is 43.0. The smallest absolute Gasteiger partial charge is 0.228 e. The van der Waals surface area contributed by atoms with Gasteiger partial charge in [0, 0.05) is 41.3 Å². The monoisotopic (exact) mass is 1570 g/mol. The van der Waals surface area contributed by atoms with Crippen molar-refractivity contribution in [2.75, 3.05) is 64.2 Å². The van der Waals surface area contributed by atoms with E-state index in [0.29, 0.717) is 78.4 Å². The third kappa shape index (κ3) is 25.7. The van der Waals surface area contributed by atoms with Crippen LogP contribution in [0.15, 0.2) is 189 Å². The molecule has 0 saturated heterocycles. The highest BCUT2D eigenvalue weighted by molar-refractivity contribution is 9.10. The molecule has 0 spiro atoms. The summed E-state index contributed by atoms with van der Waals surface area (Å²) in [6, 6.07) is 38.7. The van der Waals surface area contributed by atoms with Crippen LogP contribution < -0.4 is 52.4 Å². The Kier molecular flexibility index (Phi) is 32.8. The molecule has 10 N–H and O–H groups in total. The zero-order chi connectivity index (χ0) is 75.3. The maximum atomic E-state index is 13.5. The largest absolute Gasteiger partial charge is 0.472 e. The predicted octanol–water partition coefficient (Wildman–Crippen LogP) is 12.8. The van der Waals surface area contributed by atoms with E-state index in [0.717, 1.165) is 32.1 Å². The van der Waals surface area contributed by atoms with Crippen LogP contribution in [-0.2, 0) is 57.2 Å². The second-order valence-corrected chi connectivity index (χ2v) is 22.9. The highest BCUT2D eigenvalue weighted by Crippen LogP contribution is 2.28. The third-order valence-electron chi connectivity index (χ3n) is 13.4. The summed E-state index contributed by atoms with van der Waals surface area (Å²) in [5, 5.41) is 22.8. The number of fused-ring (bicyclic) bond motifs is 1. The Morgan fingerprint density at radius 3 is 1.14 bits per heavy atom. The zero-order valence-electron chi connectivity index (χ0n) is 56.4. The van der Waals surface area contributed by atoms with Crippen molar-refractivity contribution in [2.24, 2.45) is 25.8 Å². The fraction of sp³-hybridized carbons (Fsp3) is 0.145. The number of halogens is 6. The summed E-state index contributed by atoms with van der Waals surface area (Å²) in [7, 11) is 7.13. The van der Waals surface area contributed by atoms with E-state index < -0.39 is 0 Å². The van der Waals surface area contributed by atoms with Crippen LogP contribution >= 0.6 is 62.3 Å². The van der Waals surface area contributed by atoms with Crippen molar-refractivity contribution in [1.82, 2.24) is 49.8 Å². The van der Waals surface area contributed by atoms with Gasteiger partial charge < -0.3 is 76.5 Å². The molecule has 0 aliphatic carbocycles. The van der Waals surface area contributed by atoms with Crippen LogP contribution in [0, 0.1) is 5.82 Å². The van der Waals surface area contributed by atoms with Gasteiger partial charge in [0.15, 0.2) is 0 Å². The van der Waals surface area contributed by atoms with Gasteiger partial charge in [0.25, 0.3) is 0 Å². The Bertz CT molecular complexity index is 4790. The minimum atomic E-state index is -0.346. The van der Waals surface area contributed by atoms with E-state index >= 15 is 0 Å². The number of anilines is 5. The number of oxime groups is 5. The number of benzene rings is 6. The lowest BCUT2D eigenvalue weighted by atomic mass is 10.1. The SMILES string of the molecule is CO/N=C/c1c(N)ncnc1OCc1cc(Cl)ccc1Cl.CO/N=C/c1c(N)ncnc1OCc1ccc(Cl)cc1Cl.CO/N=C/c1c(N)ncnc1OCc1ccc2ccccc2c1.CO/N=C/c1c(N)ncnc1OCc1cccc(Br)c1.CO/N=C/c1c(N)ncnc1OCc1ccccc1F. The highest BCUT2D eigenvalue weighted by atomic mass is 79.9. The highest BCUT2D eigenvalue weighted by Gasteiger charge is 2.16. The summed E-state index contributed by atoms with van der Waals surface area (Å²) in [6.07, 6.45) is 13.5. The number of ether oxygens (including phenoxy) is 5. The molecule has 0 unspecified atom stereocenters. The maximum Gasteiger partial charge on any atom is 0.228 e. The molecule has 0 radical (unpaired) electrons. The van der Waals surface area contributed by atoms with E-state index in [2.05, 4.69) is 140 Å². The molecule has 5 heterocycles. The fourth-order valence-electron chi connectivity index (χ4n) is 8.27. The lowest BCUT2D eigenvalue weighted by Gasteiger charge is -2.10. The molecule has 6 aromatic carbocycles. The fourth-order valence-corrected chi connectivity index (χ4v) is 9.55. The Labute approximate surface area is 629 Å². The molecule has 0 bridgehead atoms. The molecule has 30 nitrogen and oxygen atoms in total. The number of hydrogen-bond donors (Lipinski definition) is 5. The van der Waals surface area contributed by atoms with E-state index in [1.54, 1.807) is 54.6 Å². The van der Waals surface area contributed by atoms with Gasteiger partial charge in [-0.25, -0.2) is 54.2 Å². The van der Waals surface area contributed by atoms with Gasteiger partial charge in [-0.15, -0.1) is 0 Å². The van der Waals surface area contributed by atoms with Crippen molar-refractivity contribution in [3.05, 3.63) is 245 Å². The summed E-state index contributed by atoms with van der Waals surface area (Å²) in [4.78, 5) is 62.7. The standard InChI is InChI=1S/C17H16N4O2.C13H13BrN4O2.2C13H12Cl2N4O2.C13H13FN4O2/c1-22-21-9-15-16(18)19-11-20-17(15)23-10-12-6-7-13-4-2-3-5-14(13)8-12;1-19-18-6-11-12(15)16-8-17-13(11)20-7-9-3-2-4-10(14)5-9;1-20-19-5-10-12(16)17-7-18-13(10)21-6-8-4-9(14)2-3-11(8)15;1-20-19-5-10-12(16)17-7-18-13(10)21-6-8-2-3-9(14)4-11(8)15;1-19-18-6-10-12(15)16-8-17-13(10)20-7-9-4-2-3-5-11(9)14/h2-9,11H,10H2,1H3,(H2,18,19,20);2-6,8H,7H2,1H3,(H2,15,16,17);2*2-5,7H,6H2,1H3,(H2,16,17,18);2-6,8H,7H2,1H3,(H2,15,16,17)/b21-9+;18-6+;2*19-5+;18-6+. The molecular weight excluding hydrogens is 1510 g/mol. The van der Waals surface area contributed by atoms with Gasteiger partial charge in [0.05, 0.1) is 31.1 Å². The van der Waals surface area contributed by atoms with Gasteiger partial charge in [-0.05, 0) is 76.5 Å². The molecule has 11 rings (SSSR count). The van der Waals surface area contributed by atoms with E-state index in [1.165, 1.54) is 110 Å². The first-order valence-electron chi connectivity index (χ1n) is 30.3. The lowest BCUT2D eigenvalue weighted by Crippen LogP contribution is -2.06. The van der Waals surface area contributed by atoms with Crippen LogP contribution in [0.5, 0.6) is 29.4 Å². The maximum absolute atomic E-state index is 13.5. The van der Waals surface area contributed by atoms with Crippen LogP contribution in [0.25, 0.3) is 10.8 Å². The number of nitrogens with zero attached hydrogens (tertiary/aromatic N) is 15. The average Bonchev–Trinajstić information content (AvgIpc) is 0.862. The van der Waals surface area contributed by atoms with Crippen molar-refractivity contribution in [1.29, 1.82) is 0 Å². The lowest BCUT2D eigenvalue weighted by molar-refractivity contribution is 0.215. The molecule has 105 heavy (non-hydrogen) atoms. The Hall–Kier alpha value is -12.1. The quantitative estimate of drug-likeness (QED) is 0.0262. The average molecular weight is 1580 g/mol. The Morgan fingerprint density at radius 2 is 0.724 bits per heavy atom. The van der Waals surface area contributed by atoms with Crippen molar-refractivity contribution in [3.8, 4) is 29.4 Å². The molecule has 0 amide bonds. The van der Waals surface area contributed by atoms with E-state index in [1.807, 2.05) is 42.5 Å². The summed E-state index contributed by atoms with van der Waals surface area (Å²) in [6.45, 7) is 1.15. The molecule has 0 saturated carbocycles. The van der Waals surface area contributed by atoms with E-state index in [4.69, 9.17) is 98.8 Å². The summed E-state index contributed by atoms with van der Waals surface area (Å²) in [5.74, 6) is 2.39. The number of hydrogen-bond acceptors (Lipinski definition) is 30. The third-order valence-corrected chi connectivity index (χ3v) is 15.0. The summed E-state index contributed by atoms with van der Waals surface area (Å²) in [5.41, 5.74) is 35.0. The Balaban J connectivity index is 0.000000184. The van der Waals surface area contributed by atoms with E-state index in [-0.39, 0.29) is 72.4 Å². The molecule has 0 fully saturated rings. The number of aromatic nitrogens is 10. The van der Waals surface area contributed by atoms with Crippen molar-refractivity contribution in [2.45, 2.75) is 33.0 Å². The molecule has 0 aliphatic heterocycles. The van der Waals surface area contributed by atoms with Crippen LogP contribution in [0.2, 0.25) is 20.1 Å². The van der Waals surface area contributed by atoms with Gasteiger partial charge >= 0.3 is 0 Å². The molecule has 544 valence electrons. The molecular formula is C69H66BrCl4FN20O10. The topological polar surface area (TPSA) is 413 Å². The molecule has 0 atom stereocenters. The number of nitrogen functional groups attached to an aromatic ring is 5. The molecule has 0 aliphatic rings. The predicted molar refractivity (Wildman–Crippen MR) is 404 cm³/mol.